The molecular formula is C18H18N4O2S. The van der Waals surface area contributed by atoms with Crippen LogP contribution in [0.4, 0.5) is 5.00 Å². The Morgan fingerprint density at radius 1 is 1.40 bits per heavy atom. The van der Waals surface area contributed by atoms with Crippen LogP contribution in [0.2, 0.25) is 0 Å². The molecule has 0 fully saturated rings. The number of nitrogens with two attached hydrogens (primary N) is 1. The predicted octanol–water partition coefficient (Wildman–Crippen LogP) is 1.93. The lowest BCUT2D eigenvalue weighted by atomic mass is 10.0. The van der Waals surface area contributed by atoms with E-state index in [-0.39, 0.29) is 12.3 Å². The monoisotopic (exact) mass is 354 g/mol. The van der Waals surface area contributed by atoms with Crippen molar-refractivity contribution in [1.29, 1.82) is 5.26 Å². The molecule has 1 aromatic heterocycles. The van der Waals surface area contributed by atoms with Gasteiger partial charge in [-0.25, -0.2) is 0 Å². The van der Waals surface area contributed by atoms with Crippen LogP contribution in [0.15, 0.2) is 24.3 Å². The molecule has 0 saturated carbocycles. The summed E-state index contributed by atoms with van der Waals surface area (Å²) in [7, 11) is 0. The van der Waals surface area contributed by atoms with Crippen LogP contribution in [0.5, 0.6) is 0 Å². The zero-order chi connectivity index (χ0) is 18.0. The van der Waals surface area contributed by atoms with Crippen molar-refractivity contribution in [1.82, 2.24) is 5.32 Å². The number of rotatable bonds is 4. The van der Waals surface area contributed by atoms with Crippen molar-refractivity contribution in [3.8, 4) is 6.07 Å². The van der Waals surface area contributed by atoms with Crippen molar-refractivity contribution < 1.29 is 9.59 Å². The van der Waals surface area contributed by atoms with E-state index >= 15 is 0 Å². The predicted molar refractivity (Wildman–Crippen MR) is 96.3 cm³/mol. The second kappa shape index (κ2) is 7.05. The first-order valence-corrected chi connectivity index (χ1v) is 8.76. The Morgan fingerprint density at radius 3 is 2.76 bits per heavy atom. The Hall–Kier alpha value is -2.69. The summed E-state index contributed by atoms with van der Waals surface area (Å²) in [6, 6.07) is 9.19. The largest absolute Gasteiger partial charge is 0.366 e. The van der Waals surface area contributed by atoms with Crippen LogP contribution in [0.3, 0.4) is 0 Å². The number of anilines is 1. The van der Waals surface area contributed by atoms with E-state index < -0.39 is 5.91 Å². The Morgan fingerprint density at radius 2 is 2.12 bits per heavy atom. The van der Waals surface area contributed by atoms with Gasteiger partial charge in [0.1, 0.15) is 11.1 Å². The fourth-order valence-corrected chi connectivity index (χ4v) is 4.15. The van der Waals surface area contributed by atoms with Gasteiger partial charge in [0.15, 0.2) is 0 Å². The lowest BCUT2D eigenvalue weighted by molar-refractivity contribution is -0.115. The van der Waals surface area contributed by atoms with Crippen LogP contribution >= 0.6 is 11.3 Å². The number of thiophene rings is 1. The van der Waals surface area contributed by atoms with E-state index in [9.17, 15) is 14.9 Å². The van der Waals surface area contributed by atoms with Crippen molar-refractivity contribution in [2.24, 2.45) is 5.73 Å². The SMILES string of the molecule is CC1Cc2sc(NC(=O)Cc3ccc(C(N)=O)cc3)c(C#N)c2CN1. The van der Waals surface area contributed by atoms with Gasteiger partial charge in [0.25, 0.3) is 0 Å². The summed E-state index contributed by atoms with van der Waals surface area (Å²) in [6.07, 6.45) is 1.03. The van der Waals surface area contributed by atoms with Crippen LogP contribution < -0.4 is 16.4 Å². The van der Waals surface area contributed by atoms with Crippen molar-refractivity contribution in [3.05, 3.63) is 51.4 Å². The molecule has 1 unspecified atom stereocenters. The quantitative estimate of drug-likeness (QED) is 0.779. The van der Waals surface area contributed by atoms with E-state index in [0.29, 0.717) is 28.7 Å². The third-order valence-corrected chi connectivity index (χ3v) is 5.35. The number of carbonyl (C=O) groups is 2. The van der Waals surface area contributed by atoms with Gasteiger partial charge >= 0.3 is 0 Å². The van der Waals surface area contributed by atoms with Crippen molar-refractivity contribution >= 4 is 28.2 Å². The summed E-state index contributed by atoms with van der Waals surface area (Å²) in [5.74, 6) is -0.690. The summed E-state index contributed by atoms with van der Waals surface area (Å²) in [6.45, 7) is 2.75. The zero-order valence-electron chi connectivity index (χ0n) is 13.8. The maximum absolute atomic E-state index is 12.3. The van der Waals surface area contributed by atoms with Crippen LogP contribution in [0.1, 0.15) is 38.8 Å². The van der Waals surface area contributed by atoms with Crippen molar-refractivity contribution in [2.75, 3.05) is 5.32 Å². The van der Waals surface area contributed by atoms with Gasteiger partial charge < -0.3 is 16.4 Å². The molecule has 0 radical (unpaired) electrons. The molecule has 0 spiro atoms. The third kappa shape index (κ3) is 3.71. The minimum atomic E-state index is -0.498. The van der Waals surface area contributed by atoms with Gasteiger partial charge in [0, 0.05) is 23.0 Å². The number of carbonyl (C=O) groups excluding carboxylic acids is 2. The molecule has 2 heterocycles. The average molecular weight is 354 g/mol. The van der Waals surface area contributed by atoms with Gasteiger partial charge in [-0.2, -0.15) is 5.26 Å². The first-order valence-electron chi connectivity index (χ1n) is 7.94. The topological polar surface area (TPSA) is 108 Å². The second-order valence-electron chi connectivity index (χ2n) is 6.09. The molecule has 0 aliphatic carbocycles. The van der Waals surface area contributed by atoms with Gasteiger partial charge in [-0.3, -0.25) is 9.59 Å². The maximum Gasteiger partial charge on any atom is 0.248 e. The first kappa shape index (κ1) is 17.1. The van der Waals surface area contributed by atoms with E-state index in [4.69, 9.17) is 5.73 Å². The molecule has 3 rings (SSSR count). The summed E-state index contributed by atoms with van der Waals surface area (Å²) < 4.78 is 0. The Bertz CT molecular complexity index is 864. The molecule has 1 aromatic carbocycles. The molecule has 0 bridgehead atoms. The van der Waals surface area contributed by atoms with E-state index in [1.165, 1.54) is 11.3 Å². The lowest BCUT2D eigenvalue weighted by Crippen LogP contribution is -2.32. The Labute approximate surface area is 149 Å². The fraction of sp³-hybridized carbons (Fsp3) is 0.278. The van der Waals surface area contributed by atoms with Crippen LogP contribution in [0.25, 0.3) is 0 Å². The molecule has 6 nitrogen and oxygen atoms in total. The van der Waals surface area contributed by atoms with Gasteiger partial charge in [-0.05, 0) is 36.6 Å². The molecule has 2 aromatic rings. The number of hydrogen-bond donors (Lipinski definition) is 3. The highest BCUT2D eigenvalue weighted by Crippen LogP contribution is 2.35. The number of nitrogens with one attached hydrogen (secondary N) is 2. The molecule has 1 aliphatic heterocycles. The smallest absolute Gasteiger partial charge is 0.248 e. The van der Waals surface area contributed by atoms with Gasteiger partial charge in [0.05, 0.1) is 12.0 Å². The Kier molecular flexibility index (Phi) is 4.83. The van der Waals surface area contributed by atoms with E-state index in [1.54, 1.807) is 24.3 Å². The number of benzene rings is 1. The van der Waals surface area contributed by atoms with Gasteiger partial charge in [-0.15, -0.1) is 11.3 Å². The normalized spacial score (nSPS) is 15.9. The van der Waals surface area contributed by atoms with Crippen molar-refractivity contribution in [2.45, 2.75) is 32.4 Å². The molecular weight excluding hydrogens is 336 g/mol. The molecule has 1 aliphatic rings. The summed E-state index contributed by atoms with van der Waals surface area (Å²) >= 11 is 1.48. The number of amides is 2. The number of hydrogen-bond acceptors (Lipinski definition) is 5. The fourth-order valence-electron chi connectivity index (χ4n) is 2.84. The first-order chi connectivity index (χ1) is 12.0. The number of fused-ring (bicyclic) bond motifs is 1. The second-order valence-corrected chi connectivity index (χ2v) is 7.20. The highest BCUT2D eigenvalue weighted by molar-refractivity contribution is 7.16. The molecule has 0 saturated heterocycles. The number of nitrogens with zero attached hydrogens (tertiary/aromatic N) is 1. The molecule has 4 N–H and O–H groups in total. The summed E-state index contributed by atoms with van der Waals surface area (Å²) in [5.41, 5.74) is 7.93. The van der Waals surface area contributed by atoms with Gasteiger partial charge in [-0.1, -0.05) is 12.1 Å². The number of nitriles is 1. The third-order valence-electron chi connectivity index (χ3n) is 4.18. The highest BCUT2D eigenvalue weighted by Gasteiger charge is 2.24. The number of primary amides is 1. The molecule has 25 heavy (non-hydrogen) atoms. The van der Waals surface area contributed by atoms with E-state index in [2.05, 4.69) is 23.6 Å². The molecule has 7 heteroatoms. The van der Waals surface area contributed by atoms with E-state index in [0.717, 1.165) is 22.4 Å². The average Bonchev–Trinajstić information content (AvgIpc) is 2.90. The van der Waals surface area contributed by atoms with Crippen LogP contribution in [0, 0.1) is 11.3 Å². The summed E-state index contributed by atoms with van der Waals surface area (Å²) in [5, 5.41) is 16.3. The van der Waals surface area contributed by atoms with Gasteiger partial charge in [0.2, 0.25) is 11.8 Å². The van der Waals surface area contributed by atoms with Crippen molar-refractivity contribution in [3.63, 3.8) is 0 Å². The highest BCUT2D eigenvalue weighted by atomic mass is 32.1. The van der Waals surface area contributed by atoms with Crippen LogP contribution in [-0.4, -0.2) is 17.9 Å². The zero-order valence-corrected chi connectivity index (χ0v) is 14.6. The summed E-state index contributed by atoms with van der Waals surface area (Å²) in [4.78, 5) is 24.6. The maximum atomic E-state index is 12.3. The molecule has 128 valence electrons. The molecule has 1 atom stereocenters. The minimum absolute atomic E-state index is 0.168. The standard InChI is InChI=1S/C18H18N4O2S/c1-10-6-15-14(9-21-10)13(8-19)18(25-15)22-16(23)7-11-2-4-12(5-3-11)17(20)24/h2-5,10,21H,6-7,9H2,1H3,(H2,20,24)(H,22,23). The lowest BCUT2D eigenvalue weighted by Gasteiger charge is -2.19. The van der Waals surface area contributed by atoms with Crippen LogP contribution in [-0.2, 0) is 24.2 Å². The van der Waals surface area contributed by atoms with E-state index in [1.807, 2.05) is 0 Å². The Balaban J connectivity index is 1.73. The molecule has 2 amide bonds. The minimum Gasteiger partial charge on any atom is -0.366 e.